The van der Waals surface area contributed by atoms with Crippen molar-refractivity contribution in [2.24, 2.45) is 34.5 Å². The van der Waals surface area contributed by atoms with E-state index in [1.54, 1.807) is 6.08 Å². The number of ether oxygens (including phenoxy) is 1. The molecule has 4 nitrogen and oxygen atoms in total. The molecular weight excluding hydrogens is 352 g/mol. The van der Waals surface area contributed by atoms with Crippen LogP contribution < -0.4 is 0 Å². The van der Waals surface area contributed by atoms with E-state index in [2.05, 4.69) is 13.8 Å². The first-order chi connectivity index (χ1) is 13.3. The quantitative estimate of drug-likeness (QED) is 0.676. The second kappa shape index (κ2) is 6.10. The first-order valence-electron chi connectivity index (χ1n) is 11.3. The number of carboxylic acid groups (broad SMARTS) is 1. The van der Waals surface area contributed by atoms with Crippen LogP contribution in [0.2, 0.25) is 0 Å². The molecule has 1 heterocycles. The van der Waals surface area contributed by atoms with E-state index in [1.165, 1.54) is 31.8 Å². The lowest BCUT2D eigenvalue weighted by atomic mass is 9.43. The van der Waals surface area contributed by atoms with Crippen LogP contribution in [0.4, 0.5) is 0 Å². The van der Waals surface area contributed by atoms with Gasteiger partial charge < -0.3 is 14.9 Å². The number of fused-ring (bicyclic) bond motifs is 3. The fourth-order valence-corrected chi connectivity index (χ4v) is 8.57. The van der Waals surface area contributed by atoms with Gasteiger partial charge >= 0.3 is 5.97 Å². The van der Waals surface area contributed by atoms with Gasteiger partial charge in [-0.05, 0) is 92.6 Å². The highest BCUT2D eigenvalue weighted by molar-refractivity contribution is 5.80. The summed E-state index contributed by atoms with van der Waals surface area (Å²) in [6.45, 7) is 4.92. The number of aliphatic hydroxyl groups excluding tert-OH is 1. The molecule has 0 aromatic rings. The molecule has 8 atom stereocenters. The van der Waals surface area contributed by atoms with E-state index < -0.39 is 5.97 Å². The summed E-state index contributed by atoms with van der Waals surface area (Å²) in [5.41, 5.74) is 1.44. The maximum absolute atomic E-state index is 11.0. The van der Waals surface area contributed by atoms with Crippen LogP contribution in [0.25, 0.3) is 0 Å². The van der Waals surface area contributed by atoms with E-state index in [1.807, 2.05) is 6.26 Å². The van der Waals surface area contributed by atoms with Crippen molar-refractivity contribution in [3.63, 3.8) is 0 Å². The SMILES string of the molecule is C[C@]12CC[C@H](O)C[C@H]1CC[C@@H]1[C@@H]2CC[C@]2(C)[C@@H]3CC[C@]12OC=C3/C=C/C(=O)O. The molecule has 0 amide bonds. The fourth-order valence-electron chi connectivity index (χ4n) is 8.57. The monoisotopic (exact) mass is 386 g/mol. The second-order valence-electron chi connectivity index (χ2n) is 10.8. The Morgan fingerprint density at radius 2 is 1.93 bits per heavy atom. The zero-order valence-electron chi connectivity index (χ0n) is 17.2. The highest BCUT2D eigenvalue weighted by Crippen LogP contribution is 2.72. The molecule has 5 rings (SSSR count). The van der Waals surface area contributed by atoms with Crippen LogP contribution in [0.3, 0.4) is 0 Å². The summed E-state index contributed by atoms with van der Waals surface area (Å²) in [7, 11) is 0. The van der Waals surface area contributed by atoms with E-state index in [-0.39, 0.29) is 17.1 Å². The molecule has 0 spiro atoms. The fraction of sp³-hybridized carbons (Fsp3) is 0.792. The zero-order chi connectivity index (χ0) is 19.7. The Morgan fingerprint density at radius 3 is 2.71 bits per heavy atom. The molecule has 28 heavy (non-hydrogen) atoms. The number of carboxylic acids is 1. The van der Waals surface area contributed by atoms with Crippen LogP contribution in [0.15, 0.2) is 24.0 Å². The van der Waals surface area contributed by atoms with Gasteiger partial charge in [0.2, 0.25) is 0 Å². The Kier molecular flexibility index (Phi) is 4.08. The predicted octanol–water partition coefficient (Wildman–Crippen LogP) is 4.68. The smallest absolute Gasteiger partial charge is 0.328 e. The largest absolute Gasteiger partial charge is 0.494 e. The van der Waals surface area contributed by atoms with Crippen molar-refractivity contribution >= 4 is 5.97 Å². The van der Waals surface area contributed by atoms with Gasteiger partial charge in [-0.25, -0.2) is 4.79 Å². The number of hydrogen-bond donors (Lipinski definition) is 2. The van der Waals surface area contributed by atoms with Gasteiger partial charge in [-0.1, -0.05) is 13.8 Å². The lowest BCUT2D eigenvalue weighted by Gasteiger charge is -2.65. The molecule has 4 heteroatoms. The van der Waals surface area contributed by atoms with Crippen LogP contribution in [0.5, 0.6) is 0 Å². The molecule has 0 aromatic heterocycles. The Labute approximate surface area is 168 Å². The van der Waals surface area contributed by atoms with Gasteiger partial charge in [0.25, 0.3) is 0 Å². The van der Waals surface area contributed by atoms with Crippen LogP contribution in [-0.4, -0.2) is 27.9 Å². The minimum atomic E-state index is -0.893. The number of allylic oxidation sites excluding steroid dienone is 2. The van der Waals surface area contributed by atoms with Crippen molar-refractivity contribution in [1.29, 1.82) is 0 Å². The maximum Gasteiger partial charge on any atom is 0.328 e. The number of rotatable bonds is 2. The van der Waals surface area contributed by atoms with Crippen molar-refractivity contribution in [2.45, 2.75) is 83.3 Å². The van der Waals surface area contributed by atoms with Crippen molar-refractivity contribution in [3.05, 3.63) is 24.0 Å². The van der Waals surface area contributed by atoms with Crippen LogP contribution in [-0.2, 0) is 9.53 Å². The van der Waals surface area contributed by atoms with Gasteiger partial charge in [-0.2, -0.15) is 0 Å². The molecule has 1 aliphatic heterocycles. The zero-order valence-corrected chi connectivity index (χ0v) is 17.2. The standard InChI is InChI=1S/C24H34O4/c1-22-10-7-17(25)13-16(22)4-5-20-19(22)8-11-23(2)18-9-12-24(20,23)28-14-15(18)3-6-21(26)27/h3,6,14,16-20,25H,4-5,7-13H2,1-2H3,(H,26,27)/b6-3+/t16-,17+,18-,19+,20-,22+,23-,24+/m1/s1. The molecule has 5 aliphatic rings. The van der Waals surface area contributed by atoms with Crippen molar-refractivity contribution in [2.75, 3.05) is 0 Å². The molecule has 0 radical (unpaired) electrons. The summed E-state index contributed by atoms with van der Waals surface area (Å²) in [5.74, 6) is 1.46. The van der Waals surface area contributed by atoms with E-state index >= 15 is 0 Å². The van der Waals surface area contributed by atoms with Gasteiger partial charge in [-0.3, -0.25) is 0 Å². The van der Waals surface area contributed by atoms with Gasteiger partial charge in [0.15, 0.2) is 0 Å². The first kappa shape index (κ1) is 18.7. The van der Waals surface area contributed by atoms with E-state index in [0.29, 0.717) is 29.1 Å². The molecule has 0 saturated heterocycles. The lowest BCUT2D eigenvalue weighted by molar-refractivity contribution is -0.217. The summed E-state index contributed by atoms with van der Waals surface area (Å²) in [6, 6.07) is 0. The molecular formula is C24H34O4. The van der Waals surface area contributed by atoms with E-state index in [4.69, 9.17) is 9.84 Å². The molecule has 4 aliphatic carbocycles. The number of aliphatic carboxylic acids is 1. The highest BCUT2D eigenvalue weighted by atomic mass is 16.5. The van der Waals surface area contributed by atoms with Gasteiger partial charge in [0.05, 0.1) is 12.4 Å². The number of hydrogen-bond acceptors (Lipinski definition) is 3. The second-order valence-corrected chi connectivity index (χ2v) is 10.8. The molecule has 154 valence electrons. The molecule has 0 aromatic carbocycles. The molecule has 0 unspecified atom stereocenters. The topological polar surface area (TPSA) is 66.8 Å². The highest BCUT2D eigenvalue weighted by Gasteiger charge is 2.70. The van der Waals surface area contributed by atoms with Crippen LogP contribution in [0.1, 0.15) is 71.6 Å². The summed E-state index contributed by atoms with van der Waals surface area (Å²) in [5, 5.41) is 19.3. The summed E-state index contributed by atoms with van der Waals surface area (Å²) >= 11 is 0. The van der Waals surface area contributed by atoms with Crippen LogP contribution >= 0.6 is 0 Å². The van der Waals surface area contributed by atoms with Gasteiger partial charge in [0, 0.05) is 17.4 Å². The third-order valence-corrected chi connectivity index (χ3v) is 10.0. The Bertz CT molecular complexity index is 741. The molecule has 2 N–H and O–H groups in total. The van der Waals surface area contributed by atoms with Crippen molar-refractivity contribution < 1.29 is 19.7 Å². The van der Waals surface area contributed by atoms with Crippen molar-refractivity contribution in [3.8, 4) is 0 Å². The normalized spacial score (nSPS) is 52.2. The predicted molar refractivity (Wildman–Crippen MR) is 106 cm³/mol. The average molecular weight is 387 g/mol. The molecule has 4 saturated carbocycles. The lowest BCUT2D eigenvalue weighted by Crippen LogP contribution is -2.63. The Hall–Kier alpha value is -1.29. The minimum Gasteiger partial charge on any atom is -0.494 e. The van der Waals surface area contributed by atoms with E-state index in [9.17, 15) is 9.90 Å². The first-order valence-corrected chi connectivity index (χ1v) is 11.3. The van der Waals surface area contributed by atoms with Gasteiger partial charge in [0.1, 0.15) is 5.60 Å². The maximum atomic E-state index is 11.0. The van der Waals surface area contributed by atoms with Crippen molar-refractivity contribution in [1.82, 2.24) is 0 Å². The summed E-state index contributed by atoms with van der Waals surface area (Å²) in [4.78, 5) is 11.0. The third-order valence-electron chi connectivity index (χ3n) is 10.0. The summed E-state index contributed by atoms with van der Waals surface area (Å²) < 4.78 is 6.67. The average Bonchev–Trinajstić information content (AvgIpc) is 2.82. The summed E-state index contributed by atoms with van der Waals surface area (Å²) in [6.07, 6.45) is 15.0. The Morgan fingerprint density at radius 1 is 1.11 bits per heavy atom. The van der Waals surface area contributed by atoms with Crippen LogP contribution in [0, 0.1) is 34.5 Å². The Balaban J connectivity index is 1.49. The van der Waals surface area contributed by atoms with Gasteiger partial charge in [-0.15, -0.1) is 0 Å². The van der Waals surface area contributed by atoms with E-state index in [0.717, 1.165) is 37.7 Å². The number of aliphatic hydroxyl groups is 1. The molecule has 4 fully saturated rings. The molecule has 2 bridgehead atoms. The number of carbonyl (C=O) groups is 1. The minimum absolute atomic E-state index is 0.0782. The third kappa shape index (κ3) is 2.30.